The topological polar surface area (TPSA) is 41.1 Å². The molecule has 0 aromatic heterocycles. The van der Waals surface area contributed by atoms with Crippen LogP contribution in [0.5, 0.6) is 0 Å². The van der Waals surface area contributed by atoms with Crippen molar-refractivity contribution >= 4 is 18.3 Å². The number of amides is 1. The van der Waals surface area contributed by atoms with E-state index in [1.807, 2.05) is 6.07 Å². The van der Waals surface area contributed by atoms with Gasteiger partial charge in [0.05, 0.1) is 5.92 Å². The van der Waals surface area contributed by atoms with Crippen LogP contribution in [0.25, 0.3) is 0 Å². The van der Waals surface area contributed by atoms with Gasteiger partial charge in [-0.2, -0.15) is 0 Å². The first-order valence-electron chi connectivity index (χ1n) is 6.39. The maximum Gasteiger partial charge on any atom is 0.225 e. The molecule has 1 aliphatic carbocycles. The van der Waals surface area contributed by atoms with Gasteiger partial charge in [-0.25, -0.2) is 0 Å². The van der Waals surface area contributed by atoms with Crippen molar-refractivity contribution in [2.45, 2.75) is 24.8 Å². The van der Waals surface area contributed by atoms with Gasteiger partial charge in [-0.15, -0.1) is 12.4 Å². The molecule has 0 bridgehead atoms. The first-order chi connectivity index (χ1) is 8.33. The van der Waals surface area contributed by atoms with E-state index in [9.17, 15) is 4.79 Å². The molecule has 1 aromatic carbocycles. The number of nitrogens with one attached hydrogen (secondary N) is 2. The van der Waals surface area contributed by atoms with Crippen molar-refractivity contribution in [3.8, 4) is 0 Å². The summed E-state index contributed by atoms with van der Waals surface area (Å²) >= 11 is 0. The Bertz CT molecular complexity index is 400. The lowest BCUT2D eigenvalue weighted by Gasteiger charge is -2.38. The summed E-state index contributed by atoms with van der Waals surface area (Å²) in [5.41, 5.74) is 1.41. The lowest BCUT2D eigenvalue weighted by atomic mass is 9.75. The molecular weight excluding hydrogens is 248 g/mol. The van der Waals surface area contributed by atoms with Crippen LogP contribution in [0.15, 0.2) is 30.3 Å². The van der Waals surface area contributed by atoms with Crippen LogP contribution in [0.3, 0.4) is 0 Å². The third-order valence-electron chi connectivity index (χ3n) is 3.91. The molecule has 0 atom stereocenters. The van der Waals surface area contributed by atoms with Crippen molar-refractivity contribution in [2.24, 2.45) is 5.92 Å². The molecule has 3 rings (SSSR count). The van der Waals surface area contributed by atoms with E-state index in [2.05, 4.69) is 34.9 Å². The van der Waals surface area contributed by atoms with E-state index < -0.39 is 0 Å². The molecule has 0 unspecified atom stereocenters. The van der Waals surface area contributed by atoms with Gasteiger partial charge in [-0.1, -0.05) is 30.3 Å². The van der Waals surface area contributed by atoms with E-state index in [-0.39, 0.29) is 24.2 Å². The van der Waals surface area contributed by atoms with Gasteiger partial charge in [-0.05, 0) is 24.3 Å². The molecule has 1 amide bonds. The highest BCUT2D eigenvalue weighted by Gasteiger charge is 2.33. The number of halogens is 1. The molecule has 0 spiro atoms. The fourth-order valence-electron chi connectivity index (χ4n) is 2.53. The molecule has 1 heterocycles. The normalized spacial score (nSPS) is 26.4. The molecule has 4 heteroatoms. The SMILES string of the molecule is Cl.O=C(NC1CC(c2ccccc2)C1)C1CNC1. The molecule has 1 saturated heterocycles. The summed E-state index contributed by atoms with van der Waals surface area (Å²) in [4.78, 5) is 11.7. The maximum atomic E-state index is 11.7. The Labute approximate surface area is 114 Å². The quantitative estimate of drug-likeness (QED) is 0.874. The van der Waals surface area contributed by atoms with Crippen molar-refractivity contribution < 1.29 is 4.79 Å². The second kappa shape index (κ2) is 5.72. The molecule has 2 N–H and O–H groups in total. The second-order valence-electron chi connectivity index (χ2n) is 5.14. The minimum Gasteiger partial charge on any atom is -0.353 e. The molecule has 0 radical (unpaired) electrons. The number of carbonyl (C=O) groups is 1. The van der Waals surface area contributed by atoms with Crippen LogP contribution in [0, 0.1) is 5.92 Å². The average Bonchev–Trinajstić information content (AvgIpc) is 2.21. The lowest BCUT2D eigenvalue weighted by Crippen LogP contribution is -2.54. The van der Waals surface area contributed by atoms with E-state index in [1.54, 1.807) is 0 Å². The van der Waals surface area contributed by atoms with Crippen molar-refractivity contribution in [3.63, 3.8) is 0 Å². The summed E-state index contributed by atoms with van der Waals surface area (Å²) in [6.45, 7) is 1.70. The summed E-state index contributed by atoms with van der Waals surface area (Å²) in [5.74, 6) is 1.09. The molecule has 1 saturated carbocycles. The number of hydrogen-bond acceptors (Lipinski definition) is 2. The van der Waals surface area contributed by atoms with E-state index >= 15 is 0 Å². The van der Waals surface area contributed by atoms with Gasteiger partial charge in [0, 0.05) is 19.1 Å². The third-order valence-corrected chi connectivity index (χ3v) is 3.91. The van der Waals surface area contributed by atoms with Crippen molar-refractivity contribution in [3.05, 3.63) is 35.9 Å². The first-order valence-corrected chi connectivity index (χ1v) is 6.39. The number of hydrogen-bond donors (Lipinski definition) is 2. The average molecular weight is 267 g/mol. The first kappa shape index (κ1) is 13.4. The highest BCUT2D eigenvalue weighted by molar-refractivity contribution is 5.85. The summed E-state index contributed by atoms with van der Waals surface area (Å²) in [6.07, 6.45) is 2.19. The van der Waals surface area contributed by atoms with Crippen LogP contribution < -0.4 is 10.6 Å². The Morgan fingerprint density at radius 3 is 2.39 bits per heavy atom. The maximum absolute atomic E-state index is 11.7. The van der Waals surface area contributed by atoms with E-state index in [0.717, 1.165) is 25.9 Å². The van der Waals surface area contributed by atoms with Crippen LogP contribution in [0.1, 0.15) is 24.3 Å². The standard InChI is InChI=1S/C14H18N2O.ClH/c17-14(12-8-15-9-12)16-13-6-11(7-13)10-4-2-1-3-5-10;/h1-5,11-13,15H,6-9H2,(H,16,17);1H. The van der Waals surface area contributed by atoms with Gasteiger partial charge < -0.3 is 10.6 Å². The van der Waals surface area contributed by atoms with Gasteiger partial charge in [-0.3, -0.25) is 4.79 Å². The number of carbonyl (C=O) groups excluding carboxylic acids is 1. The summed E-state index contributed by atoms with van der Waals surface area (Å²) in [6, 6.07) is 11.0. The molecule has 18 heavy (non-hydrogen) atoms. The minimum absolute atomic E-state index is 0. The van der Waals surface area contributed by atoms with Gasteiger partial charge >= 0.3 is 0 Å². The fourth-order valence-corrected chi connectivity index (χ4v) is 2.53. The zero-order valence-corrected chi connectivity index (χ0v) is 11.1. The van der Waals surface area contributed by atoms with E-state index in [0.29, 0.717) is 12.0 Å². The fraction of sp³-hybridized carbons (Fsp3) is 0.500. The highest BCUT2D eigenvalue weighted by Crippen LogP contribution is 2.36. The summed E-state index contributed by atoms with van der Waals surface area (Å²) in [7, 11) is 0. The van der Waals surface area contributed by atoms with Crippen LogP contribution >= 0.6 is 12.4 Å². The molecule has 1 aromatic rings. The van der Waals surface area contributed by atoms with Crippen molar-refractivity contribution in [2.75, 3.05) is 13.1 Å². The molecular formula is C14H19ClN2O. The van der Waals surface area contributed by atoms with E-state index in [1.165, 1.54) is 5.56 Å². The van der Waals surface area contributed by atoms with Crippen LogP contribution in [-0.2, 0) is 4.79 Å². The number of benzene rings is 1. The molecule has 3 nitrogen and oxygen atoms in total. The van der Waals surface area contributed by atoms with Crippen molar-refractivity contribution in [1.29, 1.82) is 0 Å². The Balaban J connectivity index is 0.00000120. The Morgan fingerprint density at radius 2 is 1.83 bits per heavy atom. The second-order valence-corrected chi connectivity index (χ2v) is 5.14. The predicted molar refractivity (Wildman–Crippen MR) is 74.0 cm³/mol. The minimum atomic E-state index is 0. The van der Waals surface area contributed by atoms with Crippen molar-refractivity contribution in [1.82, 2.24) is 10.6 Å². The van der Waals surface area contributed by atoms with Gasteiger partial charge in [0.1, 0.15) is 0 Å². The lowest BCUT2D eigenvalue weighted by molar-refractivity contribution is -0.127. The number of rotatable bonds is 3. The van der Waals surface area contributed by atoms with Crippen LogP contribution in [0.4, 0.5) is 0 Å². The Hall–Kier alpha value is -1.06. The monoisotopic (exact) mass is 266 g/mol. The van der Waals surface area contributed by atoms with Gasteiger partial charge in [0.2, 0.25) is 5.91 Å². The molecule has 2 fully saturated rings. The zero-order valence-electron chi connectivity index (χ0n) is 10.3. The smallest absolute Gasteiger partial charge is 0.225 e. The van der Waals surface area contributed by atoms with Gasteiger partial charge in [0.15, 0.2) is 0 Å². The van der Waals surface area contributed by atoms with Gasteiger partial charge in [0.25, 0.3) is 0 Å². The third kappa shape index (κ3) is 2.68. The van der Waals surface area contributed by atoms with Crippen LogP contribution in [0.2, 0.25) is 0 Å². The molecule has 2 aliphatic rings. The molecule has 1 aliphatic heterocycles. The molecule has 98 valence electrons. The van der Waals surface area contributed by atoms with E-state index in [4.69, 9.17) is 0 Å². The van der Waals surface area contributed by atoms with Crippen LogP contribution in [-0.4, -0.2) is 25.0 Å². The predicted octanol–water partition coefficient (Wildman–Crippen LogP) is 1.69. The Kier molecular flexibility index (Phi) is 4.25. The highest BCUT2D eigenvalue weighted by atomic mass is 35.5. The Morgan fingerprint density at radius 1 is 1.17 bits per heavy atom. The largest absolute Gasteiger partial charge is 0.353 e. The summed E-state index contributed by atoms with van der Waals surface area (Å²) < 4.78 is 0. The summed E-state index contributed by atoms with van der Waals surface area (Å²) in [5, 5.41) is 6.26. The zero-order chi connectivity index (χ0) is 11.7.